The van der Waals surface area contributed by atoms with Crippen molar-refractivity contribution in [2.24, 2.45) is 0 Å². The van der Waals surface area contributed by atoms with Crippen LogP contribution in [0.1, 0.15) is 12.5 Å². The highest BCUT2D eigenvalue weighted by molar-refractivity contribution is 7.92. The third kappa shape index (κ3) is 3.30. The summed E-state index contributed by atoms with van der Waals surface area (Å²) in [5, 5.41) is 9.43. The first kappa shape index (κ1) is 13.5. The maximum Gasteiger partial charge on any atom is 0.279 e. The van der Waals surface area contributed by atoms with Crippen molar-refractivity contribution in [3.63, 3.8) is 0 Å². The number of nitrogens with zero attached hydrogens (tertiary/aromatic N) is 2. The Morgan fingerprint density at radius 2 is 2.21 bits per heavy atom. The van der Waals surface area contributed by atoms with Crippen molar-refractivity contribution in [2.75, 3.05) is 11.3 Å². The summed E-state index contributed by atoms with van der Waals surface area (Å²) in [4.78, 5) is 3.86. The lowest BCUT2D eigenvalue weighted by Gasteiger charge is -2.07. The van der Waals surface area contributed by atoms with Gasteiger partial charge in [-0.2, -0.15) is 13.5 Å². The minimum atomic E-state index is -3.68. The molecule has 3 N–H and O–H groups in total. The molecule has 0 saturated heterocycles. The Kier molecular flexibility index (Phi) is 4.13. The molecule has 8 heteroatoms. The molecule has 0 aliphatic heterocycles. The van der Waals surface area contributed by atoms with Gasteiger partial charge in [-0.25, -0.2) is 0 Å². The van der Waals surface area contributed by atoms with E-state index in [1.54, 1.807) is 18.3 Å². The van der Waals surface area contributed by atoms with Crippen LogP contribution in [0.5, 0.6) is 0 Å². The number of hydrogen-bond acceptors (Lipinski definition) is 5. The molecule has 0 bridgehead atoms. The van der Waals surface area contributed by atoms with Gasteiger partial charge in [0.25, 0.3) is 10.0 Å². The average molecular weight is 281 g/mol. The summed E-state index contributed by atoms with van der Waals surface area (Å²) >= 11 is 0. The lowest BCUT2D eigenvalue weighted by Crippen LogP contribution is -2.18. The Morgan fingerprint density at radius 1 is 1.37 bits per heavy atom. The first-order valence-electron chi connectivity index (χ1n) is 5.79. The van der Waals surface area contributed by atoms with Crippen molar-refractivity contribution < 1.29 is 8.42 Å². The van der Waals surface area contributed by atoms with Gasteiger partial charge in [-0.1, -0.05) is 6.92 Å². The SMILES string of the molecule is CCNCc1cn[nH]c1S(=O)(=O)Nc1cccnc1. The number of aromatic amines is 1. The van der Waals surface area contributed by atoms with Crippen LogP contribution >= 0.6 is 0 Å². The summed E-state index contributed by atoms with van der Waals surface area (Å²) in [6.07, 6.45) is 4.52. The molecule has 0 spiro atoms. The fraction of sp³-hybridized carbons (Fsp3) is 0.273. The molecule has 0 aliphatic rings. The van der Waals surface area contributed by atoms with Crippen LogP contribution in [0.3, 0.4) is 0 Å². The van der Waals surface area contributed by atoms with E-state index in [1.807, 2.05) is 6.92 Å². The zero-order valence-electron chi connectivity index (χ0n) is 10.4. The molecule has 0 amide bonds. The Bertz CT molecular complexity index is 624. The zero-order valence-corrected chi connectivity index (χ0v) is 11.2. The standard InChI is InChI=1S/C11H15N5O2S/c1-2-12-6-9-7-14-15-11(9)19(17,18)16-10-4-3-5-13-8-10/h3-5,7-8,12,16H,2,6H2,1H3,(H,14,15). The van der Waals surface area contributed by atoms with E-state index >= 15 is 0 Å². The first-order valence-corrected chi connectivity index (χ1v) is 7.27. The van der Waals surface area contributed by atoms with E-state index in [2.05, 4.69) is 25.2 Å². The second-order valence-corrected chi connectivity index (χ2v) is 5.47. The van der Waals surface area contributed by atoms with Crippen LogP contribution in [0.15, 0.2) is 35.7 Å². The smallest absolute Gasteiger partial charge is 0.279 e. The van der Waals surface area contributed by atoms with Gasteiger partial charge in [0.05, 0.1) is 18.1 Å². The monoisotopic (exact) mass is 281 g/mol. The number of hydrogen-bond donors (Lipinski definition) is 3. The van der Waals surface area contributed by atoms with E-state index < -0.39 is 10.0 Å². The predicted octanol–water partition coefficient (Wildman–Crippen LogP) is 0.715. The molecule has 2 rings (SSSR count). The van der Waals surface area contributed by atoms with Crippen LogP contribution in [0.2, 0.25) is 0 Å². The number of nitrogens with one attached hydrogen (secondary N) is 3. The first-order chi connectivity index (χ1) is 9.13. The number of sulfonamides is 1. The van der Waals surface area contributed by atoms with Gasteiger partial charge in [0.2, 0.25) is 0 Å². The van der Waals surface area contributed by atoms with E-state index in [4.69, 9.17) is 0 Å². The van der Waals surface area contributed by atoms with Crippen LogP contribution in [-0.2, 0) is 16.6 Å². The molecule has 0 atom stereocenters. The molecule has 0 unspecified atom stereocenters. The number of pyridine rings is 1. The van der Waals surface area contributed by atoms with Crippen molar-refractivity contribution in [2.45, 2.75) is 18.5 Å². The van der Waals surface area contributed by atoms with Crippen molar-refractivity contribution in [3.05, 3.63) is 36.3 Å². The molecule has 0 aromatic carbocycles. The molecule has 19 heavy (non-hydrogen) atoms. The van der Waals surface area contributed by atoms with Crippen LogP contribution < -0.4 is 10.0 Å². The van der Waals surface area contributed by atoms with Gasteiger partial charge in [-0.3, -0.25) is 14.8 Å². The topological polar surface area (TPSA) is 99.8 Å². The number of anilines is 1. The van der Waals surface area contributed by atoms with Gasteiger partial charge in [-0.15, -0.1) is 0 Å². The van der Waals surface area contributed by atoms with E-state index in [0.29, 0.717) is 17.8 Å². The lowest BCUT2D eigenvalue weighted by molar-refractivity contribution is 0.594. The van der Waals surface area contributed by atoms with Gasteiger partial charge in [0.1, 0.15) is 0 Å². The minimum Gasteiger partial charge on any atom is -0.313 e. The normalized spacial score (nSPS) is 11.4. The fourth-order valence-electron chi connectivity index (χ4n) is 1.55. The van der Waals surface area contributed by atoms with Crippen LogP contribution in [0.25, 0.3) is 0 Å². The fourth-order valence-corrected chi connectivity index (χ4v) is 2.72. The maximum absolute atomic E-state index is 12.2. The highest BCUT2D eigenvalue weighted by atomic mass is 32.2. The summed E-state index contributed by atoms with van der Waals surface area (Å²) in [7, 11) is -3.68. The third-order valence-corrected chi connectivity index (χ3v) is 3.82. The predicted molar refractivity (Wildman–Crippen MR) is 71.0 cm³/mol. The molecule has 2 aromatic heterocycles. The molecular formula is C11H15N5O2S. The summed E-state index contributed by atoms with van der Waals surface area (Å²) in [6, 6.07) is 3.29. The molecule has 0 radical (unpaired) electrons. The molecule has 0 fully saturated rings. The van der Waals surface area contributed by atoms with Crippen molar-refractivity contribution >= 4 is 15.7 Å². The largest absolute Gasteiger partial charge is 0.313 e. The Hall–Kier alpha value is -1.93. The highest BCUT2D eigenvalue weighted by Crippen LogP contribution is 2.16. The van der Waals surface area contributed by atoms with E-state index in [9.17, 15) is 8.42 Å². The molecule has 2 aromatic rings. The second-order valence-electron chi connectivity index (χ2n) is 3.85. The molecular weight excluding hydrogens is 266 g/mol. The molecule has 0 saturated carbocycles. The summed E-state index contributed by atoms with van der Waals surface area (Å²) < 4.78 is 26.9. The van der Waals surface area contributed by atoms with Crippen molar-refractivity contribution in [1.82, 2.24) is 20.5 Å². The lowest BCUT2D eigenvalue weighted by atomic mass is 10.3. The quantitative estimate of drug-likeness (QED) is 0.724. The summed E-state index contributed by atoms with van der Waals surface area (Å²) in [6.45, 7) is 3.14. The number of rotatable bonds is 6. The van der Waals surface area contributed by atoms with E-state index in [-0.39, 0.29) is 5.03 Å². The van der Waals surface area contributed by atoms with E-state index in [0.717, 1.165) is 6.54 Å². The van der Waals surface area contributed by atoms with Crippen molar-refractivity contribution in [1.29, 1.82) is 0 Å². The Morgan fingerprint density at radius 3 is 2.89 bits per heavy atom. The molecule has 7 nitrogen and oxygen atoms in total. The molecule has 102 valence electrons. The van der Waals surface area contributed by atoms with Gasteiger partial charge in [0, 0.05) is 18.3 Å². The van der Waals surface area contributed by atoms with Gasteiger partial charge >= 0.3 is 0 Å². The van der Waals surface area contributed by atoms with Crippen LogP contribution in [0, 0.1) is 0 Å². The molecule has 0 aliphatic carbocycles. The third-order valence-electron chi connectivity index (χ3n) is 2.43. The summed E-state index contributed by atoms with van der Waals surface area (Å²) in [5.41, 5.74) is 1.00. The van der Waals surface area contributed by atoms with Crippen LogP contribution in [0.4, 0.5) is 5.69 Å². The maximum atomic E-state index is 12.2. The van der Waals surface area contributed by atoms with E-state index in [1.165, 1.54) is 12.4 Å². The average Bonchev–Trinajstić information content (AvgIpc) is 2.86. The number of H-pyrrole nitrogens is 1. The number of aromatic nitrogens is 3. The zero-order chi connectivity index (χ0) is 13.7. The van der Waals surface area contributed by atoms with Crippen LogP contribution in [-0.4, -0.2) is 30.1 Å². The van der Waals surface area contributed by atoms with Crippen molar-refractivity contribution in [3.8, 4) is 0 Å². The second kappa shape index (κ2) is 5.81. The highest BCUT2D eigenvalue weighted by Gasteiger charge is 2.20. The Labute approximate surface area is 111 Å². The summed E-state index contributed by atoms with van der Waals surface area (Å²) in [5.74, 6) is 0. The van der Waals surface area contributed by atoms with Gasteiger partial charge in [0.15, 0.2) is 5.03 Å². The minimum absolute atomic E-state index is 0.0669. The Balaban J connectivity index is 2.22. The van der Waals surface area contributed by atoms with Gasteiger partial charge < -0.3 is 5.32 Å². The molecule has 2 heterocycles. The van der Waals surface area contributed by atoms with Gasteiger partial charge in [-0.05, 0) is 18.7 Å².